The van der Waals surface area contributed by atoms with Crippen molar-refractivity contribution in [3.63, 3.8) is 0 Å². The number of hydrogen-bond acceptors (Lipinski definition) is 2. The summed E-state index contributed by atoms with van der Waals surface area (Å²) in [5, 5.41) is 8.78. The summed E-state index contributed by atoms with van der Waals surface area (Å²) in [4.78, 5) is 28.2. The number of fused-ring (bicyclic) bond motifs is 2. The number of carbonyl (C=O) groups is 2. The standard InChI is InChI=1S/C27H23N2O2/c1-29(2,3)15-14-28-26(30)21-12-10-19-17-8-4-6-16-7-5-9-18(23(16)17)20-11-13-22(27(28)31)25(21)24(19)20/h4-13H,14-15H2,1-3H3/q+1. The molecule has 0 aliphatic carbocycles. The Bertz CT molecular complexity index is 1460. The molecule has 0 radical (unpaired) electrons. The maximum Gasteiger partial charge on any atom is 0.261 e. The van der Waals surface area contributed by atoms with Crippen LogP contribution in [-0.2, 0) is 0 Å². The molecule has 5 aromatic rings. The van der Waals surface area contributed by atoms with Gasteiger partial charge in [-0.3, -0.25) is 14.5 Å². The van der Waals surface area contributed by atoms with Crippen molar-refractivity contribution in [2.75, 3.05) is 34.2 Å². The Balaban J connectivity index is 1.69. The van der Waals surface area contributed by atoms with Crippen LogP contribution < -0.4 is 0 Å². The summed E-state index contributed by atoms with van der Waals surface area (Å²) < 4.78 is 0.692. The van der Waals surface area contributed by atoms with Crippen molar-refractivity contribution in [2.45, 2.75) is 0 Å². The van der Waals surface area contributed by atoms with Gasteiger partial charge in [0.1, 0.15) is 0 Å². The molecular formula is C27H23N2O2+. The molecule has 1 aliphatic rings. The lowest BCUT2D eigenvalue weighted by Gasteiger charge is -2.31. The fourth-order valence-corrected chi connectivity index (χ4v) is 5.08. The number of imide groups is 1. The molecule has 0 spiro atoms. The van der Waals surface area contributed by atoms with Crippen molar-refractivity contribution in [3.8, 4) is 0 Å². The Kier molecular flexibility index (Phi) is 3.55. The smallest absolute Gasteiger partial charge is 0.261 e. The minimum atomic E-state index is -0.188. The van der Waals surface area contributed by atoms with E-state index in [1.54, 1.807) is 0 Å². The zero-order valence-corrected chi connectivity index (χ0v) is 17.9. The molecule has 5 aromatic carbocycles. The summed E-state index contributed by atoms with van der Waals surface area (Å²) >= 11 is 0. The largest absolute Gasteiger partial charge is 0.329 e. The molecule has 0 saturated carbocycles. The predicted octanol–water partition coefficient (Wildman–Crippen LogP) is 5.04. The number of benzene rings is 5. The van der Waals surface area contributed by atoms with Crippen LogP contribution in [0.5, 0.6) is 0 Å². The van der Waals surface area contributed by atoms with Crippen LogP contribution in [-0.4, -0.2) is 55.4 Å². The fraction of sp³-hybridized carbons (Fsp3) is 0.185. The third kappa shape index (κ3) is 2.45. The van der Waals surface area contributed by atoms with E-state index in [0.29, 0.717) is 28.7 Å². The topological polar surface area (TPSA) is 37.4 Å². The lowest BCUT2D eigenvalue weighted by Crippen LogP contribution is -2.47. The summed E-state index contributed by atoms with van der Waals surface area (Å²) in [6, 6.07) is 20.6. The van der Waals surface area contributed by atoms with E-state index in [9.17, 15) is 9.59 Å². The Morgan fingerprint density at radius 2 is 1.16 bits per heavy atom. The van der Waals surface area contributed by atoms with E-state index in [2.05, 4.69) is 69.7 Å². The van der Waals surface area contributed by atoms with Gasteiger partial charge in [-0.05, 0) is 49.8 Å². The molecule has 152 valence electrons. The lowest BCUT2D eigenvalue weighted by molar-refractivity contribution is -0.869. The summed E-state index contributed by atoms with van der Waals surface area (Å²) in [5.41, 5.74) is 1.26. The number of carbonyl (C=O) groups excluding carboxylic acids is 2. The monoisotopic (exact) mass is 407 g/mol. The Labute approximate surface area is 180 Å². The molecule has 0 N–H and O–H groups in total. The third-order valence-corrected chi connectivity index (χ3v) is 6.59. The number of nitrogens with zero attached hydrogens (tertiary/aromatic N) is 2. The number of rotatable bonds is 3. The second-order valence-electron chi connectivity index (χ2n) is 9.56. The molecule has 4 nitrogen and oxygen atoms in total. The number of amides is 2. The molecular weight excluding hydrogens is 384 g/mol. The van der Waals surface area contributed by atoms with Gasteiger partial charge in [-0.2, -0.15) is 0 Å². The average Bonchev–Trinajstić information content (AvgIpc) is 2.75. The third-order valence-electron chi connectivity index (χ3n) is 6.59. The van der Waals surface area contributed by atoms with Crippen LogP contribution in [0.15, 0.2) is 60.7 Å². The van der Waals surface area contributed by atoms with Crippen molar-refractivity contribution >= 4 is 54.9 Å². The van der Waals surface area contributed by atoms with Gasteiger partial charge in [-0.1, -0.05) is 48.5 Å². The van der Waals surface area contributed by atoms with Crippen LogP contribution in [0, 0.1) is 0 Å². The molecule has 4 heteroatoms. The maximum atomic E-state index is 13.4. The molecule has 0 bridgehead atoms. The first-order chi connectivity index (χ1) is 14.8. The van der Waals surface area contributed by atoms with Gasteiger partial charge in [-0.15, -0.1) is 0 Å². The van der Waals surface area contributed by atoms with E-state index in [1.165, 1.54) is 15.7 Å². The van der Waals surface area contributed by atoms with Gasteiger partial charge in [0.05, 0.1) is 34.2 Å². The van der Waals surface area contributed by atoms with Crippen molar-refractivity contribution < 1.29 is 14.1 Å². The van der Waals surface area contributed by atoms with Gasteiger partial charge in [0.25, 0.3) is 11.8 Å². The first-order valence-corrected chi connectivity index (χ1v) is 10.6. The van der Waals surface area contributed by atoms with Gasteiger partial charge < -0.3 is 4.48 Å². The highest BCUT2D eigenvalue weighted by Gasteiger charge is 2.34. The first-order valence-electron chi connectivity index (χ1n) is 10.6. The molecule has 0 unspecified atom stereocenters. The summed E-state index contributed by atoms with van der Waals surface area (Å²) in [6.45, 7) is 1.12. The fourth-order valence-electron chi connectivity index (χ4n) is 5.08. The zero-order valence-electron chi connectivity index (χ0n) is 17.9. The van der Waals surface area contributed by atoms with E-state index >= 15 is 0 Å². The minimum absolute atomic E-state index is 0.188. The van der Waals surface area contributed by atoms with E-state index in [4.69, 9.17) is 0 Å². The van der Waals surface area contributed by atoms with Crippen LogP contribution >= 0.6 is 0 Å². The van der Waals surface area contributed by atoms with E-state index in [-0.39, 0.29) is 11.8 Å². The SMILES string of the molecule is C[N+](C)(C)CCN1C(=O)c2ccc3c4cccc5cccc(c6ccc(c2c36)C1=O)c54. The highest BCUT2D eigenvalue weighted by Crippen LogP contribution is 2.43. The molecule has 0 saturated heterocycles. The summed E-state index contributed by atoms with van der Waals surface area (Å²) in [6.07, 6.45) is 0. The minimum Gasteiger partial charge on any atom is -0.329 e. The van der Waals surface area contributed by atoms with Gasteiger partial charge in [-0.25, -0.2) is 0 Å². The van der Waals surface area contributed by atoms with Crippen LogP contribution in [0.2, 0.25) is 0 Å². The van der Waals surface area contributed by atoms with Crippen molar-refractivity contribution in [1.29, 1.82) is 0 Å². The number of quaternary nitrogens is 1. The quantitative estimate of drug-likeness (QED) is 0.182. The van der Waals surface area contributed by atoms with Gasteiger partial charge in [0.2, 0.25) is 0 Å². The van der Waals surface area contributed by atoms with Crippen LogP contribution in [0.4, 0.5) is 0 Å². The summed E-state index contributed by atoms with van der Waals surface area (Å²) in [5.74, 6) is -0.376. The molecule has 0 fully saturated rings. The highest BCUT2D eigenvalue weighted by atomic mass is 16.2. The van der Waals surface area contributed by atoms with E-state index in [0.717, 1.165) is 32.3 Å². The molecule has 2 amide bonds. The summed E-state index contributed by atoms with van der Waals surface area (Å²) in [7, 11) is 6.20. The molecule has 0 atom stereocenters. The lowest BCUT2D eigenvalue weighted by atomic mass is 9.85. The zero-order chi connectivity index (χ0) is 21.5. The molecule has 1 aliphatic heterocycles. The van der Waals surface area contributed by atoms with Crippen LogP contribution in [0.25, 0.3) is 43.1 Å². The van der Waals surface area contributed by atoms with Gasteiger partial charge in [0, 0.05) is 16.5 Å². The van der Waals surface area contributed by atoms with Crippen molar-refractivity contribution in [2.24, 2.45) is 0 Å². The molecule has 31 heavy (non-hydrogen) atoms. The van der Waals surface area contributed by atoms with Gasteiger partial charge in [0.15, 0.2) is 0 Å². The number of likely N-dealkylation sites (N-methyl/N-ethyl adjacent to an activating group) is 1. The second-order valence-corrected chi connectivity index (χ2v) is 9.56. The molecule has 1 heterocycles. The number of hydrogen-bond donors (Lipinski definition) is 0. The van der Waals surface area contributed by atoms with Crippen molar-refractivity contribution in [1.82, 2.24) is 4.90 Å². The van der Waals surface area contributed by atoms with Crippen LogP contribution in [0.1, 0.15) is 20.7 Å². The maximum absolute atomic E-state index is 13.4. The van der Waals surface area contributed by atoms with Crippen molar-refractivity contribution in [3.05, 3.63) is 71.8 Å². The molecule has 6 rings (SSSR count). The normalized spacial score (nSPS) is 14.6. The Morgan fingerprint density at radius 1 is 0.645 bits per heavy atom. The predicted molar refractivity (Wildman–Crippen MR) is 126 cm³/mol. The Hall–Kier alpha value is -3.50. The van der Waals surface area contributed by atoms with Gasteiger partial charge >= 0.3 is 0 Å². The Morgan fingerprint density at radius 3 is 1.68 bits per heavy atom. The van der Waals surface area contributed by atoms with Crippen LogP contribution in [0.3, 0.4) is 0 Å². The first kappa shape index (κ1) is 18.3. The van der Waals surface area contributed by atoms with E-state index < -0.39 is 0 Å². The highest BCUT2D eigenvalue weighted by molar-refractivity contribution is 6.38. The van der Waals surface area contributed by atoms with E-state index in [1.807, 2.05) is 12.1 Å². The average molecular weight is 407 g/mol. The second kappa shape index (κ2) is 6.02. The molecule has 0 aromatic heterocycles.